The van der Waals surface area contributed by atoms with Gasteiger partial charge in [-0.2, -0.15) is 12.6 Å². The highest BCUT2D eigenvalue weighted by molar-refractivity contribution is 7.99. The molecule has 0 saturated carbocycles. The van der Waals surface area contributed by atoms with E-state index in [9.17, 15) is 0 Å². The first-order valence-corrected chi connectivity index (χ1v) is 5.25. The predicted molar refractivity (Wildman–Crippen MR) is 58.0 cm³/mol. The van der Waals surface area contributed by atoms with Crippen LogP contribution in [0.5, 0.6) is 0 Å². The Kier molecular flexibility index (Phi) is 4.25. The third-order valence-electron chi connectivity index (χ3n) is 1.32. The predicted octanol–water partition coefficient (Wildman–Crippen LogP) is 2.66. The van der Waals surface area contributed by atoms with Crippen molar-refractivity contribution in [3.63, 3.8) is 0 Å². The molecular formula is C9H11NS2. The van der Waals surface area contributed by atoms with Gasteiger partial charge in [0.05, 0.1) is 0 Å². The molecule has 1 aromatic rings. The Hall–Kier alpha value is -0.410. The summed E-state index contributed by atoms with van der Waals surface area (Å²) in [6.07, 6.45) is 3.59. The summed E-state index contributed by atoms with van der Waals surface area (Å²) in [4.78, 5) is 5.17. The highest BCUT2D eigenvalue weighted by Gasteiger charge is 1.94. The number of thiol groups is 1. The van der Waals surface area contributed by atoms with Crippen molar-refractivity contribution >= 4 is 24.4 Å². The first-order valence-electron chi connectivity index (χ1n) is 3.63. The lowest BCUT2D eigenvalue weighted by Gasteiger charge is -2.00. The average molecular weight is 197 g/mol. The summed E-state index contributed by atoms with van der Waals surface area (Å²) >= 11 is 5.90. The lowest BCUT2D eigenvalue weighted by molar-refractivity contribution is 1.26. The van der Waals surface area contributed by atoms with Gasteiger partial charge in [-0.15, -0.1) is 11.8 Å². The van der Waals surface area contributed by atoms with Gasteiger partial charge in [0.1, 0.15) is 0 Å². The van der Waals surface area contributed by atoms with E-state index < -0.39 is 0 Å². The van der Waals surface area contributed by atoms with Crippen molar-refractivity contribution in [1.29, 1.82) is 0 Å². The smallest absolute Gasteiger partial charge is 0.0278 e. The van der Waals surface area contributed by atoms with Crippen LogP contribution in [0.2, 0.25) is 0 Å². The average Bonchev–Trinajstić information content (AvgIpc) is 2.16. The zero-order valence-electron chi connectivity index (χ0n) is 6.73. The quantitative estimate of drug-likeness (QED) is 0.453. The van der Waals surface area contributed by atoms with E-state index in [0.29, 0.717) is 0 Å². The van der Waals surface area contributed by atoms with E-state index in [1.807, 2.05) is 12.1 Å². The number of aromatic nitrogens is 1. The summed E-state index contributed by atoms with van der Waals surface area (Å²) < 4.78 is 0. The number of pyridine rings is 1. The molecule has 0 fully saturated rings. The van der Waals surface area contributed by atoms with Crippen molar-refractivity contribution in [2.24, 2.45) is 0 Å². The third kappa shape index (κ3) is 3.32. The van der Waals surface area contributed by atoms with Crippen LogP contribution in [-0.2, 0) is 0 Å². The molecule has 0 bridgehead atoms. The number of nitrogens with zero attached hydrogens (tertiary/aromatic N) is 1. The lowest BCUT2D eigenvalue weighted by atomic mass is 10.4. The van der Waals surface area contributed by atoms with Gasteiger partial charge in [0.25, 0.3) is 0 Å². The van der Waals surface area contributed by atoms with Crippen molar-refractivity contribution in [3.8, 4) is 0 Å². The third-order valence-corrected chi connectivity index (χ3v) is 2.92. The zero-order chi connectivity index (χ0) is 8.81. The topological polar surface area (TPSA) is 12.9 Å². The van der Waals surface area contributed by atoms with Gasteiger partial charge in [-0.1, -0.05) is 12.2 Å². The molecule has 1 nitrogen and oxygen atoms in total. The second-order valence-electron chi connectivity index (χ2n) is 2.38. The van der Waals surface area contributed by atoms with Crippen molar-refractivity contribution in [1.82, 2.24) is 4.98 Å². The lowest BCUT2D eigenvalue weighted by Crippen LogP contribution is -1.86. The molecule has 64 valence electrons. The van der Waals surface area contributed by atoms with Crippen LogP contribution in [0, 0.1) is 0 Å². The molecule has 0 unspecified atom stereocenters. The van der Waals surface area contributed by atoms with Crippen molar-refractivity contribution in [2.45, 2.75) is 4.90 Å². The summed E-state index contributed by atoms with van der Waals surface area (Å²) in [7, 11) is 0. The van der Waals surface area contributed by atoms with E-state index in [0.717, 1.165) is 17.1 Å². The van der Waals surface area contributed by atoms with Crippen LogP contribution < -0.4 is 0 Å². The largest absolute Gasteiger partial charge is 0.265 e. The van der Waals surface area contributed by atoms with Crippen LogP contribution in [0.4, 0.5) is 0 Å². The molecule has 0 amide bonds. The minimum atomic E-state index is 0.762. The van der Waals surface area contributed by atoms with Crippen LogP contribution >= 0.6 is 24.4 Å². The molecule has 0 radical (unpaired) electrons. The Morgan fingerprint density at radius 2 is 2.17 bits per heavy atom. The molecule has 1 aromatic heterocycles. The molecule has 0 aliphatic carbocycles. The molecule has 0 saturated heterocycles. The summed E-state index contributed by atoms with van der Waals surface area (Å²) in [5.74, 6) is 1.70. The molecular weight excluding hydrogens is 186 g/mol. The summed E-state index contributed by atoms with van der Waals surface area (Å²) in [6, 6.07) is 3.99. The minimum absolute atomic E-state index is 0.762. The number of thioether (sulfide) groups is 1. The van der Waals surface area contributed by atoms with E-state index in [-0.39, 0.29) is 0 Å². The Balaban J connectivity index is 2.38. The van der Waals surface area contributed by atoms with Gasteiger partial charge in [-0.25, -0.2) is 0 Å². The molecule has 0 aliphatic rings. The normalized spacial score (nSPS) is 9.75. The molecule has 12 heavy (non-hydrogen) atoms. The van der Waals surface area contributed by atoms with Gasteiger partial charge in [0.15, 0.2) is 0 Å². The van der Waals surface area contributed by atoms with E-state index in [4.69, 9.17) is 0 Å². The van der Waals surface area contributed by atoms with Crippen molar-refractivity contribution in [2.75, 3.05) is 11.5 Å². The highest BCUT2D eigenvalue weighted by Crippen LogP contribution is 2.18. The van der Waals surface area contributed by atoms with Gasteiger partial charge < -0.3 is 0 Å². The Labute approximate surface area is 82.7 Å². The second-order valence-corrected chi connectivity index (χ2v) is 3.74. The molecule has 0 aliphatic heterocycles. The minimum Gasteiger partial charge on any atom is -0.265 e. The zero-order valence-corrected chi connectivity index (χ0v) is 8.44. The SMILES string of the molecule is C=C(CS)CSc1ccncc1. The number of rotatable bonds is 4. The Morgan fingerprint density at radius 3 is 2.75 bits per heavy atom. The van der Waals surface area contributed by atoms with Crippen molar-refractivity contribution in [3.05, 3.63) is 36.7 Å². The number of hydrogen-bond acceptors (Lipinski definition) is 3. The fraction of sp³-hybridized carbons (Fsp3) is 0.222. The van der Waals surface area contributed by atoms with Gasteiger partial charge >= 0.3 is 0 Å². The highest BCUT2D eigenvalue weighted by atomic mass is 32.2. The van der Waals surface area contributed by atoms with Crippen LogP contribution in [0.25, 0.3) is 0 Å². The summed E-state index contributed by atoms with van der Waals surface area (Å²) in [5, 5.41) is 0. The van der Waals surface area contributed by atoms with Gasteiger partial charge in [-0.05, 0) is 12.1 Å². The fourth-order valence-corrected chi connectivity index (χ4v) is 1.72. The first kappa shape index (κ1) is 9.68. The Morgan fingerprint density at radius 1 is 1.50 bits per heavy atom. The summed E-state index contributed by atoms with van der Waals surface area (Å²) in [5.41, 5.74) is 1.15. The molecule has 1 heterocycles. The first-order chi connectivity index (χ1) is 5.83. The monoisotopic (exact) mass is 197 g/mol. The second kappa shape index (κ2) is 5.27. The van der Waals surface area contributed by atoms with E-state index in [2.05, 4.69) is 24.2 Å². The molecule has 0 N–H and O–H groups in total. The van der Waals surface area contributed by atoms with E-state index in [1.165, 1.54) is 4.90 Å². The van der Waals surface area contributed by atoms with Crippen LogP contribution in [-0.4, -0.2) is 16.5 Å². The maximum Gasteiger partial charge on any atom is 0.0278 e. The van der Waals surface area contributed by atoms with E-state index in [1.54, 1.807) is 24.2 Å². The molecule has 0 aromatic carbocycles. The van der Waals surface area contributed by atoms with Crippen LogP contribution in [0.15, 0.2) is 41.6 Å². The van der Waals surface area contributed by atoms with Crippen LogP contribution in [0.3, 0.4) is 0 Å². The van der Waals surface area contributed by atoms with Gasteiger partial charge in [-0.3, -0.25) is 4.98 Å². The Bertz CT molecular complexity index is 246. The molecule has 0 spiro atoms. The van der Waals surface area contributed by atoms with E-state index >= 15 is 0 Å². The van der Waals surface area contributed by atoms with Gasteiger partial charge in [0.2, 0.25) is 0 Å². The summed E-state index contributed by atoms with van der Waals surface area (Å²) in [6.45, 7) is 3.88. The maximum atomic E-state index is 4.14. The van der Waals surface area contributed by atoms with Gasteiger partial charge in [0, 0.05) is 28.8 Å². The molecule has 0 atom stereocenters. The fourth-order valence-electron chi connectivity index (χ4n) is 0.666. The van der Waals surface area contributed by atoms with Crippen LogP contribution in [0.1, 0.15) is 0 Å². The maximum absolute atomic E-state index is 4.14. The standard InChI is InChI=1S/C9H11NS2/c1-8(6-11)7-12-9-2-4-10-5-3-9/h2-5,11H,1,6-7H2. The molecule has 1 rings (SSSR count). The van der Waals surface area contributed by atoms with Crippen molar-refractivity contribution < 1.29 is 0 Å². The molecule has 3 heteroatoms. The number of hydrogen-bond donors (Lipinski definition) is 1.